The Morgan fingerprint density at radius 1 is 1.34 bits per heavy atom. The fourth-order valence-corrected chi connectivity index (χ4v) is 6.21. The lowest BCUT2D eigenvalue weighted by Gasteiger charge is -2.27. The van der Waals surface area contributed by atoms with Crippen molar-refractivity contribution in [2.24, 2.45) is 0 Å². The lowest BCUT2D eigenvalue weighted by atomic mass is 10.1. The van der Waals surface area contributed by atoms with E-state index in [0.717, 1.165) is 17.5 Å². The van der Waals surface area contributed by atoms with Crippen molar-refractivity contribution in [2.45, 2.75) is 57.3 Å². The fraction of sp³-hybridized carbons (Fsp3) is 0.458. The van der Waals surface area contributed by atoms with Gasteiger partial charge in [-0.3, -0.25) is 28.2 Å². The zero-order chi connectivity index (χ0) is 26.9. The highest BCUT2D eigenvalue weighted by molar-refractivity contribution is 9.11. The Morgan fingerprint density at radius 2 is 2.18 bits per heavy atom. The van der Waals surface area contributed by atoms with Gasteiger partial charge in [-0.05, 0) is 42.9 Å². The summed E-state index contributed by atoms with van der Waals surface area (Å²) in [6, 6.07) is 5.04. The van der Waals surface area contributed by atoms with Crippen LogP contribution >= 0.6 is 23.8 Å². The van der Waals surface area contributed by atoms with E-state index in [0.29, 0.717) is 18.7 Å². The molecule has 2 N–H and O–H groups in total. The molecule has 0 spiro atoms. The number of H-pyrrole nitrogens is 1. The van der Waals surface area contributed by atoms with Crippen molar-refractivity contribution in [1.29, 1.82) is 0 Å². The van der Waals surface area contributed by atoms with Crippen molar-refractivity contribution < 1.29 is 32.4 Å². The van der Waals surface area contributed by atoms with Gasteiger partial charge >= 0.3 is 19.5 Å². The average molecular weight is 612 g/mol. The van der Waals surface area contributed by atoms with E-state index >= 15 is 0 Å². The average Bonchev–Trinajstić information content (AvgIpc) is 3.56. The Balaban J connectivity index is 1.35. The minimum atomic E-state index is -3.99. The molecule has 2 saturated heterocycles. The number of aryl methyl sites for hydroxylation is 1. The quantitative estimate of drug-likeness (QED) is 0.354. The molecule has 5 atom stereocenters. The summed E-state index contributed by atoms with van der Waals surface area (Å²) in [5.74, 6) is -0.00502. The molecule has 1 aromatic heterocycles. The largest absolute Gasteiger partial charge is 0.530 e. The van der Waals surface area contributed by atoms with Crippen LogP contribution in [0.2, 0.25) is 0 Å². The summed E-state index contributed by atoms with van der Waals surface area (Å²) in [5.41, 5.74) is 0.508. The summed E-state index contributed by atoms with van der Waals surface area (Å²) in [4.78, 5) is 41.2. The first-order valence-electron chi connectivity index (χ1n) is 12.1. The Hall–Kier alpha value is -2.54. The number of rotatable bonds is 7. The molecule has 3 aliphatic heterocycles. The fourth-order valence-electron chi connectivity index (χ4n) is 4.64. The Kier molecular flexibility index (Phi) is 8.03. The van der Waals surface area contributed by atoms with Gasteiger partial charge < -0.3 is 19.3 Å². The third-order valence-electron chi connectivity index (χ3n) is 6.61. The third-order valence-corrected chi connectivity index (χ3v) is 8.19. The van der Waals surface area contributed by atoms with Gasteiger partial charge in [-0.25, -0.2) is 9.36 Å². The molecular formula is C24H27BrN3O9P. The maximum atomic E-state index is 13.3. The minimum absolute atomic E-state index is 0.0465. The van der Waals surface area contributed by atoms with Crippen molar-refractivity contribution in [3.63, 3.8) is 0 Å². The summed E-state index contributed by atoms with van der Waals surface area (Å²) >= 11 is 3.12. The van der Waals surface area contributed by atoms with Gasteiger partial charge in [0.2, 0.25) is 0 Å². The maximum Gasteiger partial charge on any atom is 0.530 e. The number of esters is 1. The second kappa shape index (κ2) is 11.3. The van der Waals surface area contributed by atoms with Gasteiger partial charge in [0.1, 0.15) is 30.2 Å². The lowest BCUT2D eigenvalue weighted by Crippen LogP contribution is -2.38. The molecule has 1 aromatic carbocycles. The molecule has 5 rings (SSSR count). The number of phosphoric acid groups is 1. The van der Waals surface area contributed by atoms with Crippen molar-refractivity contribution in [3.05, 3.63) is 66.9 Å². The van der Waals surface area contributed by atoms with Crippen LogP contribution in [0.3, 0.4) is 0 Å². The van der Waals surface area contributed by atoms with Crippen LogP contribution in [-0.4, -0.2) is 46.9 Å². The summed E-state index contributed by atoms with van der Waals surface area (Å²) in [6.45, 7) is 2.29. The number of carbonyl (C=O) groups is 1. The second-order valence-corrected chi connectivity index (χ2v) is 11.3. The summed E-state index contributed by atoms with van der Waals surface area (Å²) < 4.78 is 43.0. The molecule has 204 valence electrons. The van der Waals surface area contributed by atoms with Crippen molar-refractivity contribution in [1.82, 2.24) is 14.9 Å². The smallest absolute Gasteiger partial charge is 0.458 e. The molecule has 0 radical (unpaired) electrons. The number of hydrogen-bond acceptors (Lipinski definition) is 10. The number of aromatic nitrogens is 2. The number of nitrogens with one attached hydrogen (secondary N) is 2. The SMILES string of the molecule is Cc1cccc2c1OP(=O)(OC[C@H]1O[C@@H](n3cc(/C=C/Br)c(=O)[nH]c3=O)C[C@@H]1OC(=O)[C@@H]1CCCN1)OC2. The van der Waals surface area contributed by atoms with Gasteiger partial charge in [0.25, 0.3) is 5.56 Å². The molecule has 12 nitrogen and oxygen atoms in total. The third kappa shape index (κ3) is 5.73. The van der Waals surface area contributed by atoms with Crippen LogP contribution in [0.25, 0.3) is 6.08 Å². The van der Waals surface area contributed by atoms with Crippen LogP contribution in [0.4, 0.5) is 0 Å². The van der Waals surface area contributed by atoms with Crippen LogP contribution in [0, 0.1) is 6.92 Å². The maximum absolute atomic E-state index is 13.3. The number of halogens is 1. The van der Waals surface area contributed by atoms with E-state index in [9.17, 15) is 18.9 Å². The van der Waals surface area contributed by atoms with Gasteiger partial charge in [-0.2, -0.15) is 0 Å². The second-order valence-electron chi connectivity index (χ2n) is 9.20. The van der Waals surface area contributed by atoms with Crippen molar-refractivity contribution in [3.8, 4) is 5.75 Å². The van der Waals surface area contributed by atoms with E-state index in [-0.39, 0.29) is 25.2 Å². The van der Waals surface area contributed by atoms with E-state index in [1.165, 1.54) is 21.8 Å². The minimum Gasteiger partial charge on any atom is -0.458 e. The van der Waals surface area contributed by atoms with E-state index in [1.807, 2.05) is 25.1 Å². The molecule has 0 aliphatic carbocycles. The molecule has 14 heteroatoms. The number of para-hydroxylation sites is 1. The van der Waals surface area contributed by atoms with Crippen molar-refractivity contribution >= 4 is 35.8 Å². The molecule has 4 heterocycles. The van der Waals surface area contributed by atoms with Gasteiger partial charge in [0, 0.05) is 18.2 Å². The van der Waals surface area contributed by atoms with E-state index < -0.39 is 49.5 Å². The molecule has 1 unspecified atom stereocenters. The highest BCUT2D eigenvalue weighted by atomic mass is 79.9. The summed E-state index contributed by atoms with van der Waals surface area (Å²) in [5, 5.41) is 3.09. The highest BCUT2D eigenvalue weighted by Gasteiger charge is 2.44. The number of aromatic amines is 1. The summed E-state index contributed by atoms with van der Waals surface area (Å²) in [6.07, 6.45) is 1.84. The number of fused-ring (bicyclic) bond motifs is 1. The normalized spacial score (nSPS) is 28.8. The first-order valence-corrected chi connectivity index (χ1v) is 14.5. The van der Waals surface area contributed by atoms with Crippen LogP contribution in [0.15, 0.2) is 39.0 Å². The van der Waals surface area contributed by atoms with Crippen LogP contribution in [-0.2, 0) is 34.5 Å². The Morgan fingerprint density at radius 3 is 2.95 bits per heavy atom. The molecule has 0 amide bonds. The van der Waals surface area contributed by atoms with Crippen LogP contribution in [0.5, 0.6) is 5.75 Å². The summed E-state index contributed by atoms with van der Waals surface area (Å²) in [7, 11) is -3.99. The Bertz CT molecular complexity index is 1400. The van der Waals surface area contributed by atoms with Gasteiger partial charge in [-0.1, -0.05) is 34.1 Å². The van der Waals surface area contributed by atoms with Crippen molar-refractivity contribution in [2.75, 3.05) is 13.2 Å². The first-order chi connectivity index (χ1) is 18.3. The highest BCUT2D eigenvalue weighted by Crippen LogP contribution is 2.55. The van der Waals surface area contributed by atoms with Gasteiger partial charge in [0.15, 0.2) is 0 Å². The number of benzene rings is 1. The molecule has 0 bridgehead atoms. The zero-order valence-electron chi connectivity index (χ0n) is 20.5. The molecular weight excluding hydrogens is 585 g/mol. The van der Waals surface area contributed by atoms with Gasteiger partial charge in [0.05, 0.1) is 18.8 Å². The zero-order valence-corrected chi connectivity index (χ0v) is 22.9. The molecule has 38 heavy (non-hydrogen) atoms. The molecule has 3 aliphatic rings. The standard InChI is InChI=1S/C24H27BrN3O9P/c1-14-4-2-5-16-12-33-38(32,37-21(14)16)34-13-19-18(36-23(30)17-6-3-9-26-17)10-20(35-19)28-11-15(7-8-25)22(29)27-24(28)31/h2,4-5,7-8,11,17-20,26H,3,6,9-10,12-13H2,1H3,(H,27,29,31)/b8-7+/t17-,18-,19+,20+,38?/m0/s1. The number of nitrogens with zero attached hydrogens (tertiary/aromatic N) is 1. The lowest BCUT2D eigenvalue weighted by molar-refractivity contribution is -0.155. The van der Waals surface area contributed by atoms with E-state index in [1.54, 1.807) is 0 Å². The number of hydrogen-bond donors (Lipinski definition) is 2. The van der Waals surface area contributed by atoms with Crippen LogP contribution < -0.4 is 21.1 Å². The topological polar surface area (TPSA) is 147 Å². The number of carbonyl (C=O) groups excluding carboxylic acids is 1. The first kappa shape index (κ1) is 27.0. The molecule has 0 saturated carbocycles. The molecule has 2 aromatic rings. The van der Waals surface area contributed by atoms with E-state index in [2.05, 4.69) is 26.2 Å². The predicted molar refractivity (Wildman–Crippen MR) is 139 cm³/mol. The predicted octanol–water partition coefficient (Wildman–Crippen LogP) is 2.90. The number of phosphoric ester groups is 1. The van der Waals surface area contributed by atoms with Gasteiger partial charge in [-0.15, -0.1) is 0 Å². The number of ether oxygens (including phenoxy) is 2. The molecule has 2 fully saturated rings. The monoisotopic (exact) mass is 611 g/mol. The Labute approximate surface area is 226 Å². The van der Waals surface area contributed by atoms with E-state index in [4.69, 9.17) is 23.0 Å². The van der Waals surface area contributed by atoms with Crippen LogP contribution in [0.1, 0.15) is 42.2 Å².